The molecule has 13 nitrogen and oxygen atoms in total. The van der Waals surface area contributed by atoms with E-state index in [4.69, 9.17) is 14.9 Å². The van der Waals surface area contributed by atoms with E-state index in [1.165, 1.54) is 31.2 Å². The second kappa shape index (κ2) is 9.42. The molecule has 0 aliphatic heterocycles. The maximum absolute atomic E-state index is 12.8. The van der Waals surface area contributed by atoms with Gasteiger partial charge in [-0.25, -0.2) is 13.2 Å². The highest BCUT2D eigenvalue weighted by atomic mass is 32.2. The Hall–Kier alpha value is -3.68. The zero-order valence-electron chi connectivity index (χ0n) is 16.3. The van der Waals surface area contributed by atoms with Crippen LogP contribution in [-0.2, 0) is 24.2 Å². The molecule has 0 aliphatic rings. The Bertz CT molecular complexity index is 1080. The molecule has 168 valence electrons. The minimum Gasteiger partial charge on any atom is -0.481 e. The molecule has 0 spiro atoms. The van der Waals surface area contributed by atoms with E-state index < -0.39 is 63.6 Å². The molecule has 0 saturated carbocycles. The fraction of sp³-hybridized carbons (Fsp3) is 0.353. The second-order valence-corrected chi connectivity index (χ2v) is 8.41. The van der Waals surface area contributed by atoms with Crippen molar-refractivity contribution in [2.24, 2.45) is 0 Å². The average Bonchev–Trinajstić information content (AvgIpc) is 3.01. The Morgan fingerprint density at radius 2 is 1.84 bits per heavy atom. The van der Waals surface area contributed by atoms with Crippen molar-refractivity contribution in [2.45, 2.75) is 48.8 Å². The number of ether oxygens (including phenoxy) is 1. The third kappa shape index (κ3) is 5.91. The highest BCUT2D eigenvalue weighted by Gasteiger charge is 2.37. The molecular formula is C17H19N3O10S. The molecular weight excluding hydrogens is 438 g/mol. The molecule has 1 amide bonds. The van der Waals surface area contributed by atoms with Gasteiger partial charge in [0.25, 0.3) is 9.84 Å². The first-order valence-corrected chi connectivity index (χ1v) is 10.2. The van der Waals surface area contributed by atoms with E-state index in [0.717, 1.165) is 5.56 Å². The first-order valence-electron chi connectivity index (χ1n) is 8.74. The largest absolute Gasteiger partial charge is 0.481 e. The highest BCUT2D eigenvalue weighted by Crippen LogP contribution is 2.26. The van der Waals surface area contributed by atoms with E-state index in [1.807, 2.05) is 5.32 Å². The molecule has 2 aromatic rings. The van der Waals surface area contributed by atoms with E-state index in [9.17, 15) is 28.0 Å². The van der Waals surface area contributed by atoms with E-state index in [0.29, 0.717) is 0 Å². The van der Waals surface area contributed by atoms with Gasteiger partial charge in [-0.3, -0.25) is 14.2 Å². The molecule has 0 bridgehead atoms. The summed E-state index contributed by atoms with van der Waals surface area (Å²) in [5.74, 6) is -4.52. The van der Waals surface area contributed by atoms with Gasteiger partial charge in [0.1, 0.15) is 12.1 Å². The number of carboxylic acid groups (broad SMARTS) is 2. The fourth-order valence-corrected chi connectivity index (χ4v) is 3.73. The van der Waals surface area contributed by atoms with Crippen molar-refractivity contribution < 1.29 is 47.3 Å². The van der Waals surface area contributed by atoms with Gasteiger partial charge >= 0.3 is 22.8 Å². The number of hydrogen-bond acceptors (Lipinski definition) is 9. The lowest BCUT2D eigenvalue weighted by atomic mass is 10.2. The molecule has 2 rings (SSSR count). The van der Waals surface area contributed by atoms with Crippen LogP contribution in [0.4, 0.5) is 0 Å². The zero-order chi connectivity index (χ0) is 23.3. The summed E-state index contributed by atoms with van der Waals surface area (Å²) in [6.45, 7) is 3.08. The molecule has 0 aliphatic carbocycles. The SMILES string of the molecule is Cc1ccc(S(=O)(=O)c2c(OC(C)CC(=O)NC(CC(=O)O)C(=O)O)no[n+]2[O-])cc1. The first-order chi connectivity index (χ1) is 14.4. The number of aliphatic carboxylic acids is 2. The normalized spacial score (nSPS) is 13.2. The molecule has 2 atom stereocenters. The number of carboxylic acids is 2. The molecule has 1 heterocycles. The molecule has 0 saturated heterocycles. The third-order valence-electron chi connectivity index (χ3n) is 3.93. The van der Waals surface area contributed by atoms with Crippen LogP contribution in [0.25, 0.3) is 0 Å². The van der Waals surface area contributed by atoms with Gasteiger partial charge in [-0.15, -0.1) is 0 Å². The van der Waals surface area contributed by atoms with Crippen molar-refractivity contribution in [3.8, 4) is 5.88 Å². The van der Waals surface area contributed by atoms with Gasteiger partial charge in [0.05, 0.1) is 22.9 Å². The smallest absolute Gasteiger partial charge is 0.415 e. The van der Waals surface area contributed by atoms with E-state index in [-0.39, 0.29) is 9.80 Å². The Morgan fingerprint density at radius 1 is 1.23 bits per heavy atom. The second-order valence-electron chi connectivity index (χ2n) is 6.55. The van der Waals surface area contributed by atoms with Crippen molar-refractivity contribution in [2.75, 3.05) is 0 Å². The Balaban J connectivity index is 2.15. The van der Waals surface area contributed by atoms with Crippen molar-refractivity contribution in [3.63, 3.8) is 0 Å². The number of benzene rings is 1. The maximum Gasteiger partial charge on any atom is 0.415 e. The van der Waals surface area contributed by atoms with Gasteiger partial charge in [-0.05, 0) is 30.9 Å². The molecule has 1 aromatic carbocycles. The summed E-state index contributed by atoms with van der Waals surface area (Å²) < 4.78 is 35.1. The predicted octanol–water partition coefficient (Wildman–Crippen LogP) is -0.349. The number of hydrogen-bond donors (Lipinski definition) is 3. The molecule has 0 fully saturated rings. The lowest BCUT2D eigenvalue weighted by molar-refractivity contribution is -0.832. The van der Waals surface area contributed by atoms with Crippen LogP contribution in [-0.4, -0.2) is 53.8 Å². The van der Waals surface area contributed by atoms with Gasteiger partial charge < -0.3 is 25.5 Å². The standard InChI is InChI=1S/C17H19N3O10S/c1-9-3-5-11(6-4-9)31(27,28)16-15(19-30-20(16)26)29-10(2)7-13(21)18-12(17(24)25)8-14(22)23/h3-6,10,12H,7-8H2,1-2H3,(H,18,21)(H,22,23)(H,24,25). The lowest BCUT2D eigenvalue weighted by Gasteiger charge is -2.15. The number of nitrogens with one attached hydrogen (secondary N) is 1. The summed E-state index contributed by atoms with van der Waals surface area (Å²) in [4.78, 5) is 33.2. The summed E-state index contributed by atoms with van der Waals surface area (Å²) >= 11 is 0. The topological polar surface area (TPSA) is 200 Å². The van der Waals surface area contributed by atoms with Gasteiger partial charge in [-0.2, -0.15) is 0 Å². The lowest BCUT2D eigenvalue weighted by Crippen LogP contribution is -2.43. The summed E-state index contributed by atoms with van der Waals surface area (Å²) in [5, 5.41) is 33.9. The van der Waals surface area contributed by atoms with Crippen LogP contribution >= 0.6 is 0 Å². The molecule has 2 unspecified atom stereocenters. The Kier molecular flexibility index (Phi) is 7.17. The number of aromatic nitrogens is 2. The van der Waals surface area contributed by atoms with Crippen molar-refractivity contribution in [1.82, 2.24) is 10.5 Å². The van der Waals surface area contributed by atoms with Crippen LogP contribution in [0.5, 0.6) is 5.88 Å². The summed E-state index contributed by atoms with van der Waals surface area (Å²) in [6.07, 6.45) is -2.40. The van der Waals surface area contributed by atoms with Crippen molar-refractivity contribution >= 4 is 27.7 Å². The summed E-state index contributed by atoms with van der Waals surface area (Å²) in [6, 6.07) is 3.96. The van der Waals surface area contributed by atoms with Crippen molar-refractivity contribution in [1.29, 1.82) is 0 Å². The fourth-order valence-electron chi connectivity index (χ4n) is 2.46. The maximum atomic E-state index is 12.8. The van der Waals surface area contributed by atoms with Gasteiger partial charge in [-0.1, -0.05) is 17.7 Å². The van der Waals surface area contributed by atoms with Crippen LogP contribution < -0.4 is 15.0 Å². The zero-order valence-corrected chi connectivity index (χ0v) is 17.2. The van der Waals surface area contributed by atoms with E-state index in [1.54, 1.807) is 6.92 Å². The molecule has 3 N–H and O–H groups in total. The van der Waals surface area contributed by atoms with Crippen LogP contribution in [0, 0.1) is 12.1 Å². The molecule has 14 heteroatoms. The predicted molar refractivity (Wildman–Crippen MR) is 98.6 cm³/mol. The summed E-state index contributed by atoms with van der Waals surface area (Å²) in [5.41, 5.74) is 0.790. The minimum absolute atomic E-state index is 0.209. The van der Waals surface area contributed by atoms with Gasteiger partial charge in [0, 0.05) is 0 Å². The van der Waals surface area contributed by atoms with Gasteiger partial charge in [0.15, 0.2) is 0 Å². The monoisotopic (exact) mass is 457 g/mol. The van der Waals surface area contributed by atoms with Crippen LogP contribution in [0.1, 0.15) is 25.3 Å². The molecule has 1 aromatic heterocycles. The Labute approximate surface area is 175 Å². The number of carbonyl (C=O) groups is 3. The van der Waals surface area contributed by atoms with E-state index >= 15 is 0 Å². The van der Waals surface area contributed by atoms with E-state index in [2.05, 4.69) is 9.79 Å². The van der Waals surface area contributed by atoms with Crippen molar-refractivity contribution in [3.05, 3.63) is 35.0 Å². The van der Waals surface area contributed by atoms with Crippen LogP contribution in [0.2, 0.25) is 0 Å². The number of carbonyl (C=O) groups excluding carboxylic acids is 1. The average molecular weight is 457 g/mol. The van der Waals surface area contributed by atoms with Gasteiger partial charge in [0.2, 0.25) is 5.91 Å². The summed E-state index contributed by atoms with van der Waals surface area (Å²) in [7, 11) is -4.37. The number of sulfone groups is 1. The molecule has 31 heavy (non-hydrogen) atoms. The number of nitrogens with zero attached hydrogens (tertiary/aromatic N) is 2. The number of amides is 1. The quantitative estimate of drug-likeness (QED) is 0.394. The third-order valence-corrected chi connectivity index (χ3v) is 5.66. The Morgan fingerprint density at radius 3 is 2.39 bits per heavy atom. The van der Waals surface area contributed by atoms with Crippen LogP contribution in [0.15, 0.2) is 38.8 Å². The van der Waals surface area contributed by atoms with Crippen LogP contribution in [0.3, 0.4) is 0 Å². The molecule has 0 radical (unpaired) electrons. The first kappa shape index (κ1) is 23.6. The number of aryl methyl sites for hydroxylation is 1. The minimum atomic E-state index is -4.37. The number of rotatable bonds is 10. The highest BCUT2D eigenvalue weighted by molar-refractivity contribution is 7.91.